The predicted molar refractivity (Wildman–Crippen MR) is 100 cm³/mol. The molecule has 140 valence electrons. The maximum absolute atomic E-state index is 13.2. The molecular weight excluding hydrogens is 353 g/mol. The van der Waals surface area contributed by atoms with Gasteiger partial charge in [-0.1, -0.05) is 42.5 Å². The SMILES string of the molecule is Cc1nc(Nc2ccccc2C(F)(F)F)cc(N(C)Cc2ccccc2)n1. The highest BCUT2D eigenvalue weighted by Crippen LogP contribution is 2.35. The van der Waals surface area contributed by atoms with Crippen molar-refractivity contribution in [2.45, 2.75) is 19.6 Å². The van der Waals surface area contributed by atoms with Gasteiger partial charge in [-0.25, -0.2) is 9.97 Å². The Morgan fingerprint density at radius 2 is 1.63 bits per heavy atom. The molecule has 2 aromatic carbocycles. The van der Waals surface area contributed by atoms with Crippen molar-refractivity contribution in [3.63, 3.8) is 0 Å². The average Bonchev–Trinajstić information content (AvgIpc) is 2.61. The Bertz CT molecular complexity index is 911. The van der Waals surface area contributed by atoms with Crippen molar-refractivity contribution < 1.29 is 13.2 Å². The number of aromatic nitrogens is 2. The van der Waals surface area contributed by atoms with E-state index in [0.29, 0.717) is 24.0 Å². The normalized spacial score (nSPS) is 11.3. The molecule has 3 rings (SSSR count). The topological polar surface area (TPSA) is 41.1 Å². The molecular formula is C20H19F3N4. The number of aryl methyl sites for hydroxylation is 1. The molecule has 0 saturated carbocycles. The summed E-state index contributed by atoms with van der Waals surface area (Å²) in [5.41, 5.74) is 0.327. The highest BCUT2D eigenvalue weighted by atomic mass is 19.4. The predicted octanol–water partition coefficient (Wildman–Crippen LogP) is 5.18. The van der Waals surface area contributed by atoms with Gasteiger partial charge in [-0.2, -0.15) is 13.2 Å². The van der Waals surface area contributed by atoms with Gasteiger partial charge in [0.25, 0.3) is 0 Å². The highest BCUT2D eigenvalue weighted by Gasteiger charge is 2.33. The zero-order valence-corrected chi connectivity index (χ0v) is 15.0. The van der Waals surface area contributed by atoms with Crippen LogP contribution in [0.15, 0.2) is 60.7 Å². The van der Waals surface area contributed by atoms with Gasteiger partial charge in [0.05, 0.1) is 11.3 Å². The number of alkyl halides is 3. The molecule has 3 aromatic rings. The molecule has 4 nitrogen and oxygen atoms in total. The van der Waals surface area contributed by atoms with Crippen molar-refractivity contribution in [3.05, 3.63) is 77.6 Å². The fraction of sp³-hybridized carbons (Fsp3) is 0.200. The van der Waals surface area contributed by atoms with Crippen LogP contribution in [0.5, 0.6) is 0 Å². The Hall–Kier alpha value is -3.09. The van der Waals surface area contributed by atoms with Crippen LogP contribution < -0.4 is 10.2 Å². The maximum Gasteiger partial charge on any atom is 0.418 e. The van der Waals surface area contributed by atoms with Crippen molar-refractivity contribution in [1.82, 2.24) is 9.97 Å². The molecule has 0 aliphatic carbocycles. The Morgan fingerprint density at radius 3 is 2.33 bits per heavy atom. The molecule has 0 radical (unpaired) electrons. The van der Waals surface area contributed by atoms with Gasteiger partial charge < -0.3 is 10.2 Å². The van der Waals surface area contributed by atoms with Crippen LogP contribution in [0.4, 0.5) is 30.5 Å². The maximum atomic E-state index is 13.2. The first-order chi connectivity index (χ1) is 12.8. The summed E-state index contributed by atoms with van der Waals surface area (Å²) >= 11 is 0. The third-order valence-corrected chi connectivity index (χ3v) is 3.97. The summed E-state index contributed by atoms with van der Waals surface area (Å²) in [6.07, 6.45) is -4.45. The van der Waals surface area contributed by atoms with E-state index >= 15 is 0 Å². The molecule has 0 saturated heterocycles. The van der Waals surface area contributed by atoms with Crippen LogP contribution in [-0.2, 0) is 12.7 Å². The Balaban J connectivity index is 1.86. The van der Waals surface area contributed by atoms with Crippen LogP contribution in [0.25, 0.3) is 0 Å². The first kappa shape index (κ1) is 18.7. The fourth-order valence-electron chi connectivity index (χ4n) is 2.73. The Kier molecular flexibility index (Phi) is 5.30. The van der Waals surface area contributed by atoms with Crippen molar-refractivity contribution in [3.8, 4) is 0 Å². The second-order valence-electron chi connectivity index (χ2n) is 6.17. The lowest BCUT2D eigenvalue weighted by Crippen LogP contribution is -2.18. The van der Waals surface area contributed by atoms with Gasteiger partial charge in [0.1, 0.15) is 17.5 Å². The first-order valence-electron chi connectivity index (χ1n) is 8.37. The minimum absolute atomic E-state index is 0.0419. The third kappa shape index (κ3) is 4.75. The smallest absolute Gasteiger partial charge is 0.355 e. The second kappa shape index (κ2) is 7.65. The van der Waals surface area contributed by atoms with Crippen LogP contribution in [-0.4, -0.2) is 17.0 Å². The van der Waals surface area contributed by atoms with Crippen LogP contribution in [0.3, 0.4) is 0 Å². The van der Waals surface area contributed by atoms with Crippen molar-refractivity contribution in [1.29, 1.82) is 0 Å². The lowest BCUT2D eigenvalue weighted by atomic mass is 10.1. The molecule has 0 spiro atoms. The number of nitrogens with one attached hydrogen (secondary N) is 1. The van der Waals surface area contributed by atoms with E-state index in [1.807, 2.05) is 42.3 Å². The Labute approximate surface area is 155 Å². The van der Waals surface area contributed by atoms with Gasteiger partial charge in [-0.3, -0.25) is 0 Å². The summed E-state index contributed by atoms with van der Waals surface area (Å²) < 4.78 is 39.6. The molecule has 1 N–H and O–H groups in total. The van der Waals surface area contributed by atoms with Crippen molar-refractivity contribution in [2.24, 2.45) is 0 Å². The number of nitrogens with zero attached hydrogens (tertiary/aromatic N) is 3. The van der Waals surface area contributed by atoms with Gasteiger partial charge in [0, 0.05) is 19.7 Å². The summed E-state index contributed by atoms with van der Waals surface area (Å²) in [4.78, 5) is 10.5. The molecule has 1 heterocycles. The van der Waals surface area contributed by atoms with Crippen LogP contribution in [0.1, 0.15) is 17.0 Å². The second-order valence-corrected chi connectivity index (χ2v) is 6.17. The van der Waals surface area contributed by atoms with Gasteiger partial charge in [0.15, 0.2) is 0 Å². The van der Waals surface area contributed by atoms with Crippen molar-refractivity contribution >= 4 is 17.3 Å². The minimum atomic E-state index is -4.45. The van der Waals surface area contributed by atoms with E-state index in [1.165, 1.54) is 12.1 Å². The molecule has 0 atom stereocenters. The van der Waals surface area contributed by atoms with E-state index in [0.717, 1.165) is 11.6 Å². The van der Waals surface area contributed by atoms with Crippen LogP contribution >= 0.6 is 0 Å². The highest BCUT2D eigenvalue weighted by molar-refractivity contribution is 5.63. The summed E-state index contributed by atoms with van der Waals surface area (Å²) in [6.45, 7) is 2.33. The molecule has 1 aromatic heterocycles. The lowest BCUT2D eigenvalue weighted by molar-refractivity contribution is -0.136. The third-order valence-electron chi connectivity index (χ3n) is 3.97. The largest absolute Gasteiger partial charge is 0.418 e. The molecule has 7 heteroatoms. The number of rotatable bonds is 5. The summed E-state index contributed by atoms with van der Waals surface area (Å²) in [7, 11) is 1.88. The average molecular weight is 372 g/mol. The van der Waals surface area contributed by atoms with Gasteiger partial charge >= 0.3 is 6.18 Å². The fourth-order valence-corrected chi connectivity index (χ4v) is 2.73. The van der Waals surface area contributed by atoms with Crippen LogP contribution in [0, 0.1) is 6.92 Å². The van der Waals surface area contributed by atoms with E-state index in [2.05, 4.69) is 15.3 Å². The summed E-state index contributed by atoms with van der Waals surface area (Å²) in [5, 5.41) is 2.78. The van der Waals surface area contributed by atoms with Crippen molar-refractivity contribution in [2.75, 3.05) is 17.3 Å². The van der Waals surface area contributed by atoms with Gasteiger partial charge in [0.2, 0.25) is 0 Å². The molecule has 0 amide bonds. The number of anilines is 3. The van der Waals surface area contributed by atoms with E-state index in [4.69, 9.17) is 0 Å². The minimum Gasteiger partial charge on any atom is -0.355 e. The molecule has 27 heavy (non-hydrogen) atoms. The van der Waals surface area contributed by atoms with E-state index in [9.17, 15) is 13.2 Å². The molecule has 0 bridgehead atoms. The standard InChI is InChI=1S/C20H19F3N4/c1-14-24-18(26-17-11-7-6-10-16(17)20(21,22)23)12-19(25-14)27(2)13-15-8-4-3-5-9-15/h3-12H,13H2,1-2H3,(H,24,25,26). The Morgan fingerprint density at radius 1 is 0.963 bits per heavy atom. The molecule has 0 aliphatic heterocycles. The van der Waals surface area contributed by atoms with E-state index in [-0.39, 0.29) is 5.69 Å². The monoisotopic (exact) mass is 372 g/mol. The number of hydrogen-bond donors (Lipinski definition) is 1. The first-order valence-corrected chi connectivity index (χ1v) is 8.37. The molecule has 0 aliphatic rings. The zero-order valence-electron chi connectivity index (χ0n) is 15.0. The van der Waals surface area contributed by atoms with Gasteiger partial charge in [-0.05, 0) is 24.6 Å². The number of hydrogen-bond acceptors (Lipinski definition) is 4. The zero-order chi connectivity index (χ0) is 19.4. The van der Waals surface area contributed by atoms with Gasteiger partial charge in [-0.15, -0.1) is 0 Å². The number of halogens is 3. The summed E-state index contributed by atoms with van der Waals surface area (Å²) in [6, 6.07) is 16.8. The molecule has 0 unspecified atom stereocenters. The number of benzene rings is 2. The molecule has 0 fully saturated rings. The van der Waals surface area contributed by atoms with E-state index in [1.54, 1.807) is 19.1 Å². The number of para-hydroxylation sites is 1. The summed E-state index contributed by atoms with van der Waals surface area (Å²) in [5.74, 6) is 1.41. The quantitative estimate of drug-likeness (QED) is 0.670. The van der Waals surface area contributed by atoms with E-state index < -0.39 is 11.7 Å². The lowest BCUT2D eigenvalue weighted by Gasteiger charge is -2.20. The van der Waals surface area contributed by atoms with Crippen LogP contribution in [0.2, 0.25) is 0 Å².